The van der Waals surface area contributed by atoms with Gasteiger partial charge in [0.25, 0.3) is 0 Å². The molecule has 4 heteroatoms. The van der Waals surface area contributed by atoms with Crippen LogP contribution in [-0.2, 0) is 7.05 Å². The molecule has 0 bridgehead atoms. The Morgan fingerprint density at radius 2 is 2.36 bits per heavy atom. The highest BCUT2D eigenvalue weighted by Gasteiger charge is 2.11. The van der Waals surface area contributed by atoms with E-state index in [1.54, 1.807) is 10.7 Å². The second-order valence-electron chi connectivity index (χ2n) is 3.25. The SMILES string of the molecule is [2H]C(C)(O)c1ccc(Br)c2cn(C)nc12. The predicted octanol–water partition coefficient (Wildman–Crippen LogP) is 2.39. The summed E-state index contributed by atoms with van der Waals surface area (Å²) in [6.07, 6.45) is 0.238. The van der Waals surface area contributed by atoms with Crippen LogP contribution in [0, 0.1) is 0 Å². The third-order valence-electron chi connectivity index (χ3n) is 2.13. The molecule has 1 aromatic carbocycles. The van der Waals surface area contributed by atoms with Gasteiger partial charge in [-0.3, -0.25) is 4.68 Å². The molecule has 0 radical (unpaired) electrons. The highest BCUT2D eigenvalue weighted by molar-refractivity contribution is 9.10. The van der Waals surface area contributed by atoms with Crippen LogP contribution >= 0.6 is 15.9 Å². The lowest BCUT2D eigenvalue weighted by molar-refractivity contribution is 0.200. The van der Waals surface area contributed by atoms with Crippen LogP contribution in [0.2, 0.25) is 0 Å². The minimum atomic E-state index is -1.62. The van der Waals surface area contributed by atoms with Crippen LogP contribution in [0.25, 0.3) is 10.9 Å². The van der Waals surface area contributed by atoms with Crippen LogP contribution in [0.4, 0.5) is 0 Å². The minimum absolute atomic E-state index is 0.515. The molecule has 1 N–H and O–H groups in total. The second kappa shape index (κ2) is 3.37. The van der Waals surface area contributed by atoms with Crippen molar-refractivity contribution in [3.8, 4) is 0 Å². The number of halogens is 1. The Labute approximate surface area is 91.9 Å². The zero-order valence-corrected chi connectivity index (χ0v) is 9.54. The summed E-state index contributed by atoms with van der Waals surface area (Å²) in [7, 11) is 1.81. The van der Waals surface area contributed by atoms with Crippen LogP contribution < -0.4 is 0 Å². The van der Waals surface area contributed by atoms with Crippen LogP contribution in [0.1, 0.15) is 19.9 Å². The summed E-state index contributed by atoms with van der Waals surface area (Å²) in [5.41, 5.74) is 1.17. The van der Waals surface area contributed by atoms with Gasteiger partial charge in [-0.15, -0.1) is 0 Å². The molecular weight excluding hydrogens is 244 g/mol. The maximum absolute atomic E-state index is 9.69. The standard InChI is InChI=1S/C10H11BrN2O/c1-6(14)7-3-4-9(11)8-5-13(2)12-10(7)8/h3-6,14H,1-2H3/i6D. The Morgan fingerprint density at radius 3 is 3.00 bits per heavy atom. The van der Waals surface area contributed by atoms with Crippen LogP contribution in [-0.4, -0.2) is 14.9 Å². The fraction of sp³-hybridized carbons (Fsp3) is 0.300. The first kappa shape index (κ1) is 8.44. The molecule has 0 aliphatic carbocycles. The monoisotopic (exact) mass is 255 g/mol. The molecule has 1 unspecified atom stereocenters. The number of nitrogens with zero attached hydrogens (tertiary/aromatic N) is 2. The Kier molecular flexibility index (Phi) is 2.03. The summed E-state index contributed by atoms with van der Waals surface area (Å²) in [6.45, 7) is 1.43. The van der Waals surface area contributed by atoms with E-state index in [0.29, 0.717) is 11.1 Å². The molecule has 74 valence electrons. The molecule has 0 saturated carbocycles. The van der Waals surface area contributed by atoms with Crippen molar-refractivity contribution in [2.24, 2.45) is 7.05 Å². The smallest absolute Gasteiger partial charge is 0.0992 e. The topological polar surface area (TPSA) is 38.0 Å². The molecule has 14 heavy (non-hydrogen) atoms. The number of hydrogen-bond acceptors (Lipinski definition) is 2. The van der Waals surface area contributed by atoms with Gasteiger partial charge in [-0.1, -0.05) is 22.0 Å². The molecule has 3 nitrogen and oxygen atoms in total. The molecule has 0 aliphatic heterocycles. The van der Waals surface area contributed by atoms with Gasteiger partial charge in [-0.05, 0) is 13.0 Å². The first-order chi connectivity index (χ1) is 6.89. The average molecular weight is 256 g/mol. The van der Waals surface area contributed by atoms with Gasteiger partial charge >= 0.3 is 0 Å². The van der Waals surface area contributed by atoms with Gasteiger partial charge < -0.3 is 5.11 Å². The Hall–Kier alpha value is -0.870. The summed E-state index contributed by atoms with van der Waals surface area (Å²) >= 11 is 3.41. The van der Waals surface area contributed by atoms with Gasteiger partial charge in [0.1, 0.15) is 0 Å². The Balaban J connectivity index is 2.83. The van der Waals surface area contributed by atoms with Crippen molar-refractivity contribution >= 4 is 26.8 Å². The van der Waals surface area contributed by atoms with Gasteiger partial charge in [-0.2, -0.15) is 5.10 Å². The lowest BCUT2D eigenvalue weighted by Crippen LogP contribution is -1.93. The molecular formula is C10H11BrN2O. The van der Waals surface area contributed by atoms with Gasteiger partial charge in [0.2, 0.25) is 0 Å². The first-order valence-corrected chi connectivity index (χ1v) is 5.03. The molecule has 0 aliphatic rings. The van der Waals surface area contributed by atoms with Gasteiger partial charge in [0, 0.05) is 28.7 Å². The van der Waals surface area contributed by atoms with Crippen molar-refractivity contribution in [3.63, 3.8) is 0 Å². The lowest BCUT2D eigenvalue weighted by Gasteiger charge is -2.05. The number of rotatable bonds is 1. The molecule has 1 heterocycles. The van der Waals surface area contributed by atoms with E-state index in [0.717, 1.165) is 9.86 Å². The summed E-state index contributed by atoms with van der Waals surface area (Å²) in [4.78, 5) is 0. The number of aliphatic hydroxyl groups is 1. The van der Waals surface area contributed by atoms with Crippen LogP contribution in [0.15, 0.2) is 22.8 Å². The van der Waals surface area contributed by atoms with E-state index in [4.69, 9.17) is 1.37 Å². The fourth-order valence-electron chi connectivity index (χ4n) is 1.48. The van der Waals surface area contributed by atoms with Gasteiger partial charge in [-0.25, -0.2) is 0 Å². The Morgan fingerprint density at radius 1 is 1.64 bits per heavy atom. The second-order valence-corrected chi connectivity index (χ2v) is 4.10. The van der Waals surface area contributed by atoms with E-state index >= 15 is 0 Å². The van der Waals surface area contributed by atoms with Crippen LogP contribution in [0.3, 0.4) is 0 Å². The normalized spacial score (nSPS) is 16.7. The summed E-state index contributed by atoms with van der Waals surface area (Å²) in [5.74, 6) is 0. The van der Waals surface area contributed by atoms with Crippen molar-refractivity contribution in [1.82, 2.24) is 9.78 Å². The quantitative estimate of drug-likeness (QED) is 0.850. The molecule has 1 atom stereocenters. The lowest BCUT2D eigenvalue weighted by atomic mass is 10.1. The minimum Gasteiger partial charge on any atom is -0.389 e. The zero-order valence-electron chi connectivity index (χ0n) is 8.95. The maximum atomic E-state index is 9.69. The van der Waals surface area contributed by atoms with E-state index in [9.17, 15) is 5.11 Å². The predicted molar refractivity (Wildman–Crippen MR) is 59.0 cm³/mol. The molecule has 0 fully saturated rings. The highest BCUT2D eigenvalue weighted by Crippen LogP contribution is 2.28. The number of aromatic nitrogens is 2. The summed E-state index contributed by atoms with van der Waals surface area (Å²) in [6, 6.07) is 3.54. The molecule has 0 saturated heterocycles. The third-order valence-corrected chi connectivity index (χ3v) is 2.82. The van der Waals surface area contributed by atoms with E-state index in [-0.39, 0.29) is 0 Å². The third kappa shape index (κ3) is 1.44. The molecule has 2 rings (SSSR count). The van der Waals surface area contributed by atoms with E-state index in [2.05, 4.69) is 21.0 Å². The molecule has 1 aromatic heterocycles. The number of hydrogen-bond donors (Lipinski definition) is 1. The van der Waals surface area contributed by atoms with Crippen LogP contribution in [0.5, 0.6) is 0 Å². The van der Waals surface area contributed by atoms with Crippen molar-refractivity contribution in [3.05, 3.63) is 28.4 Å². The van der Waals surface area contributed by atoms with Crippen molar-refractivity contribution in [1.29, 1.82) is 0 Å². The first-order valence-electron chi connectivity index (χ1n) is 4.74. The van der Waals surface area contributed by atoms with Gasteiger partial charge in [0.15, 0.2) is 0 Å². The zero-order chi connectivity index (χ0) is 11.2. The van der Waals surface area contributed by atoms with Crippen molar-refractivity contribution in [2.75, 3.05) is 0 Å². The van der Waals surface area contributed by atoms with E-state index < -0.39 is 6.08 Å². The number of fused-ring (bicyclic) bond motifs is 1. The number of aryl methyl sites for hydroxylation is 1. The average Bonchev–Trinajstić information content (AvgIpc) is 2.45. The molecule has 0 amide bonds. The van der Waals surface area contributed by atoms with Gasteiger partial charge in [0.05, 0.1) is 13.0 Å². The maximum Gasteiger partial charge on any atom is 0.0992 e. The van der Waals surface area contributed by atoms with Crippen molar-refractivity contribution in [2.45, 2.75) is 13.0 Å². The number of benzene rings is 1. The van der Waals surface area contributed by atoms with E-state index in [1.165, 1.54) is 6.92 Å². The highest BCUT2D eigenvalue weighted by atomic mass is 79.9. The molecule has 2 aromatic rings. The summed E-state index contributed by atoms with van der Waals surface area (Å²) < 4.78 is 10.2. The largest absolute Gasteiger partial charge is 0.389 e. The molecule has 0 spiro atoms. The van der Waals surface area contributed by atoms with Crippen molar-refractivity contribution < 1.29 is 6.48 Å². The van der Waals surface area contributed by atoms with E-state index in [1.807, 2.05) is 19.3 Å². The summed E-state index contributed by atoms with van der Waals surface area (Å²) in [5, 5.41) is 14.8. The fourth-order valence-corrected chi connectivity index (χ4v) is 1.90. The Bertz CT molecular complexity index is 516.